The summed E-state index contributed by atoms with van der Waals surface area (Å²) >= 11 is 0. The summed E-state index contributed by atoms with van der Waals surface area (Å²) in [6.45, 7) is 3.72. The molecule has 13 heteroatoms. The highest BCUT2D eigenvalue weighted by Crippen LogP contribution is 2.33. The number of imidazole rings is 1. The van der Waals surface area contributed by atoms with Gasteiger partial charge >= 0.3 is 0 Å². The highest BCUT2D eigenvalue weighted by atomic mass is 19.1. The Labute approximate surface area is 264 Å². The van der Waals surface area contributed by atoms with Gasteiger partial charge in [0.1, 0.15) is 23.7 Å². The normalized spacial score (nSPS) is 13.7. The van der Waals surface area contributed by atoms with Gasteiger partial charge in [0.25, 0.3) is 0 Å². The zero-order chi connectivity index (χ0) is 31.6. The van der Waals surface area contributed by atoms with Crippen molar-refractivity contribution in [3.05, 3.63) is 67.0 Å². The van der Waals surface area contributed by atoms with E-state index in [1.165, 1.54) is 25.0 Å². The number of nitrogens with zero attached hydrogens (tertiary/aromatic N) is 7. The van der Waals surface area contributed by atoms with Gasteiger partial charge in [-0.05, 0) is 75.9 Å². The number of H-pyrrole nitrogens is 2. The molecule has 3 N–H and O–H groups in total. The van der Waals surface area contributed by atoms with Crippen molar-refractivity contribution in [3.8, 4) is 39.7 Å². The van der Waals surface area contributed by atoms with Crippen LogP contribution >= 0.6 is 0 Å². The fourth-order valence-electron chi connectivity index (χ4n) is 5.72. The Bertz CT molecular complexity index is 2030. The molecule has 0 radical (unpaired) electrons. The number of benzene rings is 1. The number of likely N-dealkylation sites (N-methyl/N-ethyl adjacent to an activating group) is 1. The topological polar surface area (TPSA) is 141 Å². The van der Waals surface area contributed by atoms with Gasteiger partial charge in [-0.1, -0.05) is 0 Å². The minimum Gasteiger partial charge on any atom is -0.492 e. The van der Waals surface area contributed by atoms with E-state index in [1.807, 2.05) is 38.4 Å². The van der Waals surface area contributed by atoms with Crippen molar-refractivity contribution in [2.45, 2.75) is 12.8 Å². The number of hydrogen-bond donors (Lipinski definition) is 3. The Kier molecular flexibility index (Phi) is 8.07. The third-order valence-electron chi connectivity index (χ3n) is 7.86. The summed E-state index contributed by atoms with van der Waals surface area (Å²) in [6, 6.07) is 10.3. The molecular weight excluding hydrogens is 587 g/mol. The molecule has 0 atom stereocenters. The molecular formula is C33H33FN10O2. The zero-order valence-electron chi connectivity index (χ0n) is 25.5. The first-order valence-electron chi connectivity index (χ1n) is 15.1. The summed E-state index contributed by atoms with van der Waals surface area (Å²) in [4.78, 5) is 38.2. The third-order valence-corrected chi connectivity index (χ3v) is 7.86. The molecule has 6 aromatic rings. The fourth-order valence-corrected chi connectivity index (χ4v) is 5.72. The molecule has 0 unspecified atom stereocenters. The molecule has 0 aliphatic carbocycles. The van der Waals surface area contributed by atoms with Crippen LogP contribution in [0.25, 0.3) is 56.0 Å². The van der Waals surface area contributed by atoms with Crippen LogP contribution in [0.2, 0.25) is 0 Å². The van der Waals surface area contributed by atoms with E-state index in [4.69, 9.17) is 14.7 Å². The van der Waals surface area contributed by atoms with Crippen LogP contribution in [-0.4, -0.2) is 97.7 Å². The molecule has 7 rings (SSSR count). The smallest absolute Gasteiger partial charge is 0.238 e. The first-order valence-corrected chi connectivity index (χ1v) is 15.1. The average molecular weight is 621 g/mol. The zero-order valence-corrected chi connectivity index (χ0v) is 25.5. The summed E-state index contributed by atoms with van der Waals surface area (Å²) in [7, 11) is 3.67. The van der Waals surface area contributed by atoms with E-state index in [9.17, 15) is 9.18 Å². The molecule has 1 aromatic carbocycles. The molecule has 6 heterocycles. The Hall–Kier alpha value is -5.27. The highest BCUT2D eigenvalue weighted by Gasteiger charge is 2.19. The lowest BCUT2D eigenvalue weighted by Crippen LogP contribution is -2.27. The maximum atomic E-state index is 14.8. The SMILES string of the molecule is CN(C)CC(=O)Nc1cncc(-c2ccc3[nH]nc(-c4nc5c(-c6cc(F)cc(OCCN7CCCC7)c6)cncc5[nH]4)c3n2)c1. The first kappa shape index (κ1) is 29.4. The monoisotopic (exact) mass is 620 g/mol. The molecule has 1 saturated heterocycles. The number of pyridine rings is 3. The van der Waals surface area contributed by atoms with E-state index >= 15 is 0 Å². The van der Waals surface area contributed by atoms with Gasteiger partial charge in [0.05, 0.1) is 46.9 Å². The van der Waals surface area contributed by atoms with Crippen molar-refractivity contribution in [1.29, 1.82) is 0 Å². The second-order valence-electron chi connectivity index (χ2n) is 11.7. The van der Waals surface area contributed by atoms with Crippen LogP contribution in [0.15, 0.2) is 61.2 Å². The van der Waals surface area contributed by atoms with Crippen LogP contribution < -0.4 is 10.1 Å². The van der Waals surface area contributed by atoms with Crippen LogP contribution in [0.3, 0.4) is 0 Å². The van der Waals surface area contributed by atoms with Crippen molar-refractivity contribution in [2.75, 3.05) is 52.2 Å². The minimum absolute atomic E-state index is 0.136. The van der Waals surface area contributed by atoms with E-state index in [0.717, 1.165) is 30.7 Å². The van der Waals surface area contributed by atoms with Gasteiger partial charge in [-0.15, -0.1) is 0 Å². The number of carbonyl (C=O) groups is 1. The summed E-state index contributed by atoms with van der Waals surface area (Å²) in [6.07, 6.45) is 9.06. The summed E-state index contributed by atoms with van der Waals surface area (Å²) < 4.78 is 20.7. The number of halogens is 1. The number of anilines is 1. The molecule has 1 fully saturated rings. The van der Waals surface area contributed by atoms with Crippen LogP contribution in [-0.2, 0) is 4.79 Å². The molecule has 1 amide bonds. The van der Waals surface area contributed by atoms with E-state index in [1.54, 1.807) is 29.7 Å². The van der Waals surface area contributed by atoms with Crippen LogP contribution in [0, 0.1) is 5.82 Å². The number of carbonyl (C=O) groups excluding carboxylic acids is 1. The molecule has 0 saturated carbocycles. The predicted molar refractivity (Wildman–Crippen MR) is 174 cm³/mol. The van der Waals surface area contributed by atoms with Crippen LogP contribution in [0.1, 0.15) is 12.8 Å². The van der Waals surface area contributed by atoms with Crippen LogP contribution in [0.4, 0.5) is 10.1 Å². The van der Waals surface area contributed by atoms with Crippen molar-refractivity contribution in [3.63, 3.8) is 0 Å². The van der Waals surface area contributed by atoms with Gasteiger partial charge in [0, 0.05) is 36.1 Å². The molecule has 46 heavy (non-hydrogen) atoms. The van der Waals surface area contributed by atoms with Crippen molar-refractivity contribution in [1.82, 2.24) is 44.9 Å². The summed E-state index contributed by atoms with van der Waals surface area (Å²) in [5.41, 5.74) is 6.39. The van der Waals surface area contributed by atoms with Gasteiger partial charge in [0.2, 0.25) is 5.91 Å². The van der Waals surface area contributed by atoms with Crippen LogP contribution in [0.5, 0.6) is 5.75 Å². The number of fused-ring (bicyclic) bond motifs is 2. The number of hydrogen-bond acceptors (Lipinski definition) is 9. The van der Waals surface area contributed by atoms with Gasteiger partial charge in [-0.2, -0.15) is 5.10 Å². The van der Waals surface area contributed by atoms with E-state index in [2.05, 4.69) is 35.4 Å². The molecule has 234 valence electrons. The lowest BCUT2D eigenvalue weighted by atomic mass is 10.1. The van der Waals surface area contributed by atoms with Crippen molar-refractivity contribution in [2.24, 2.45) is 0 Å². The van der Waals surface area contributed by atoms with E-state index in [0.29, 0.717) is 62.9 Å². The first-order chi connectivity index (χ1) is 22.4. The second kappa shape index (κ2) is 12.6. The Morgan fingerprint density at radius 3 is 2.67 bits per heavy atom. The Morgan fingerprint density at radius 1 is 0.978 bits per heavy atom. The van der Waals surface area contributed by atoms with Crippen molar-refractivity contribution >= 4 is 33.7 Å². The summed E-state index contributed by atoms with van der Waals surface area (Å²) in [5, 5.41) is 10.4. The number of nitrogens with one attached hydrogen (secondary N) is 3. The van der Waals surface area contributed by atoms with Gasteiger partial charge < -0.3 is 19.9 Å². The largest absolute Gasteiger partial charge is 0.492 e. The maximum absolute atomic E-state index is 14.8. The van der Waals surface area contributed by atoms with E-state index < -0.39 is 5.82 Å². The third kappa shape index (κ3) is 6.28. The molecule has 1 aliphatic heterocycles. The molecule has 12 nitrogen and oxygen atoms in total. The average Bonchev–Trinajstić information content (AvgIpc) is 3.80. The Balaban J connectivity index is 1.18. The van der Waals surface area contributed by atoms with Gasteiger partial charge in [0.15, 0.2) is 11.5 Å². The summed E-state index contributed by atoms with van der Waals surface area (Å²) in [5.74, 6) is 0.421. The number of ether oxygens (including phenoxy) is 1. The molecule has 0 bridgehead atoms. The number of aromatic nitrogens is 7. The molecule has 5 aromatic heterocycles. The minimum atomic E-state index is -0.396. The van der Waals surface area contributed by atoms with Crippen molar-refractivity contribution < 1.29 is 13.9 Å². The second-order valence-corrected chi connectivity index (χ2v) is 11.7. The quantitative estimate of drug-likeness (QED) is 0.198. The maximum Gasteiger partial charge on any atom is 0.238 e. The standard InChI is InChI=1S/C33H33FN10O2/c1-43(2)19-29(45)37-23-12-21(15-35-16-23)26-5-6-27-31(38-26)32(42-41-27)33-39-28-18-36-17-25(30(28)40-33)20-11-22(34)14-24(13-20)46-10-9-44-7-3-4-8-44/h5-6,11-18H,3-4,7-10,19H2,1-2H3,(H,37,45)(H,39,40)(H,41,42). The number of aromatic amines is 2. The predicted octanol–water partition coefficient (Wildman–Crippen LogP) is 4.74. The number of amides is 1. The highest BCUT2D eigenvalue weighted by molar-refractivity contribution is 5.96. The number of rotatable bonds is 10. The van der Waals surface area contributed by atoms with Gasteiger partial charge in [-0.3, -0.25) is 24.8 Å². The lowest BCUT2D eigenvalue weighted by molar-refractivity contribution is -0.116. The lowest BCUT2D eigenvalue weighted by Gasteiger charge is -2.15. The number of likely N-dealkylation sites (tertiary alicyclic amines) is 1. The fraction of sp³-hybridized carbons (Fsp3) is 0.273. The van der Waals surface area contributed by atoms with E-state index in [-0.39, 0.29) is 12.5 Å². The Morgan fingerprint density at radius 2 is 1.83 bits per heavy atom. The molecule has 0 spiro atoms. The molecule has 1 aliphatic rings. The van der Waals surface area contributed by atoms with Gasteiger partial charge in [-0.25, -0.2) is 14.4 Å².